The van der Waals surface area contributed by atoms with Crippen molar-refractivity contribution in [3.05, 3.63) is 30.0 Å². The molecule has 0 aliphatic rings. The summed E-state index contributed by atoms with van der Waals surface area (Å²) in [6, 6.07) is 1.72. The fourth-order valence-corrected chi connectivity index (χ4v) is 4.07. The van der Waals surface area contributed by atoms with Gasteiger partial charge in [0.15, 0.2) is 5.58 Å². The molecule has 7 heteroatoms. The number of oxazole rings is 1. The predicted molar refractivity (Wildman–Crippen MR) is 120 cm³/mol. The Hall–Kier alpha value is -0.110. The Bertz CT molecular complexity index is 688. The Morgan fingerprint density at radius 3 is 2.04 bits per heavy atom. The van der Waals surface area contributed by atoms with Gasteiger partial charge in [-0.1, -0.05) is 39.5 Å². The van der Waals surface area contributed by atoms with Gasteiger partial charge in [0.1, 0.15) is 5.52 Å². The monoisotopic (exact) mass is 555 g/mol. The summed E-state index contributed by atoms with van der Waals surface area (Å²) in [5.74, 6) is -0.458. The summed E-state index contributed by atoms with van der Waals surface area (Å²) in [5.41, 5.74) is 1.17. The highest BCUT2D eigenvalue weighted by Crippen LogP contribution is 2.35. The molecule has 3 N–H and O–H groups in total. The minimum absolute atomic E-state index is 0.458. The van der Waals surface area contributed by atoms with Crippen LogP contribution in [0.25, 0.3) is 11.1 Å². The summed E-state index contributed by atoms with van der Waals surface area (Å²) < 4.78 is 7.33. The number of nitrogens with two attached hydrogens (primary N) is 1. The quantitative estimate of drug-likeness (QED) is 0.273. The van der Waals surface area contributed by atoms with Crippen LogP contribution in [0.3, 0.4) is 0 Å². The van der Waals surface area contributed by atoms with Crippen molar-refractivity contribution in [2.45, 2.75) is 65.2 Å². The third kappa shape index (κ3) is 8.72. The van der Waals surface area contributed by atoms with Gasteiger partial charge in [0.2, 0.25) is 0 Å². The molecule has 0 saturated heterocycles. The van der Waals surface area contributed by atoms with Crippen molar-refractivity contribution >= 4 is 58.9 Å². The second-order valence-electron chi connectivity index (χ2n) is 6.36. The molecule has 0 aliphatic carbocycles. The number of H-pyrrole nitrogens is 1. The Morgan fingerprint density at radius 1 is 0.923 bits per heavy atom. The Morgan fingerprint density at radius 2 is 1.50 bits per heavy atom. The van der Waals surface area contributed by atoms with E-state index in [0.717, 1.165) is 13.4 Å². The van der Waals surface area contributed by atoms with E-state index in [-0.39, 0.29) is 0 Å². The number of aromatic nitrogens is 1. The van der Waals surface area contributed by atoms with Gasteiger partial charge in [0.05, 0.1) is 17.6 Å². The standard InChI is InChI=1S/C12H27N.C7H2Br3NO2/c1-3-5-7-9-11-13-12-10-8-6-4-2;8-2-1-3-6(5(10)4(2)9)11-7(12)13-3/h13H,3-12H2,1-2H3;1H,(H,11,12)/p+1. The highest BCUT2D eigenvalue weighted by Gasteiger charge is 2.11. The normalized spacial score (nSPS) is 10.8. The largest absolute Gasteiger partial charge is 0.417 e. The maximum absolute atomic E-state index is 10.9. The van der Waals surface area contributed by atoms with Crippen molar-refractivity contribution < 1.29 is 9.73 Å². The number of unbranched alkanes of at least 4 members (excludes halogenated alkanes) is 6. The molecule has 0 saturated carbocycles. The summed E-state index contributed by atoms with van der Waals surface area (Å²) in [4.78, 5) is 13.5. The Balaban J connectivity index is 0.000000260. The van der Waals surface area contributed by atoms with Crippen molar-refractivity contribution in [1.29, 1.82) is 0 Å². The molecule has 0 atom stereocenters. The Kier molecular flexibility index (Phi) is 12.9. The van der Waals surface area contributed by atoms with Gasteiger partial charge in [0.25, 0.3) is 0 Å². The smallest absolute Gasteiger partial charge is 0.408 e. The number of halogens is 3. The number of quaternary nitrogens is 1. The first-order chi connectivity index (χ1) is 12.5. The van der Waals surface area contributed by atoms with Gasteiger partial charge in [-0.3, -0.25) is 4.98 Å². The lowest BCUT2D eigenvalue weighted by Crippen LogP contribution is -2.84. The van der Waals surface area contributed by atoms with Gasteiger partial charge in [-0.05, 0) is 79.5 Å². The van der Waals surface area contributed by atoms with Crippen molar-refractivity contribution in [2.24, 2.45) is 0 Å². The fourth-order valence-electron chi connectivity index (χ4n) is 2.57. The molecule has 0 amide bonds. The van der Waals surface area contributed by atoms with Gasteiger partial charge in [-0.15, -0.1) is 0 Å². The molecule has 26 heavy (non-hydrogen) atoms. The van der Waals surface area contributed by atoms with Gasteiger partial charge in [-0.25, -0.2) is 4.79 Å². The second kappa shape index (κ2) is 14.0. The van der Waals surface area contributed by atoms with E-state index in [1.807, 2.05) is 0 Å². The van der Waals surface area contributed by atoms with E-state index in [9.17, 15) is 4.79 Å². The van der Waals surface area contributed by atoms with E-state index in [2.05, 4.69) is 71.9 Å². The maximum atomic E-state index is 10.9. The highest BCUT2D eigenvalue weighted by molar-refractivity contribution is 9.14. The highest BCUT2D eigenvalue weighted by atomic mass is 79.9. The number of benzene rings is 1. The minimum Gasteiger partial charge on any atom is -0.408 e. The molecular formula is C19H30Br3N2O2+. The van der Waals surface area contributed by atoms with E-state index >= 15 is 0 Å². The Labute approximate surface area is 181 Å². The maximum Gasteiger partial charge on any atom is 0.417 e. The zero-order valence-electron chi connectivity index (χ0n) is 15.7. The number of aromatic amines is 1. The second-order valence-corrected chi connectivity index (χ2v) is 8.80. The third-order valence-corrected chi connectivity index (χ3v) is 7.39. The summed E-state index contributed by atoms with van der Waals surface area (Å²) >= 11 is 10.0. The van der Waals surface area contributed by atoms with E-state index < -0.39 is 5.76 Å². The summed E-state index contributed by atoms with van der Waals surface area (Å²) in [6.45, 7) is 7.25. The van der Waals surface area contributed by atoms with Crippen LogP contribution in [0, 0.1) is 0 Å². The van der Waals surface area contributed by atoms with E-state index in [4.69, 9.17) is 4.42 Å². The van der Waals surface area contributed by atoms with Crippen LogP contribution >= 0.6 is 47.8 Å². The zero-order valence-corrected chi connectivity index (χ0v) is 20.4. The van der Waals surface area contributed by atoms with Crippen molar-refractivity contribution in [3.8, 4) is 0 Å². The lowest BCUT2D eigenvalue weighted by atomic mass is 10.2. The summed E-state index contributed by atoms with van der Waals surface area (Å²) in [5, 5.41) is 2.49. The van der Waals surface area contributed by atoms with Crippen LogP contribution < -0.4 is 11.1 Å². The first kappa shape index (κ1) is 23.9. The van der Waals surface area contributed by atoms with Crippen LogP contribution in [0.5, 0.6) is 0 Å². The molecule has 148 valence electrons. The molecule has 1 heterocycles. The first-order valence-electron chi connectivity index (χ1n) is 9.49. The molecule has 0 bridgehead atoms. The minimum atomic E-state index is -0.458. The number of rotatable bonds is 10. The molecular weight excluding hydrogens is 528 g/mol. The fraction of sp³-hybridized carbons (Fsp3) is 0.632. The molecule has 0 spiro atoms. The molecule has 0 fully saturated rings. The topological polar surface area (TPSA) is 62.6 Å². The van der Waals surface area contributed by atoms with E-state index in [1.54, 1.807) is 6.07 Å². The molecule has 2 rings (SSSR count). The van der Waals surface area contributed by atoms with Crippen LogP contribution in [-0.2, 0) is 0 Å². The third-order valence-electron chi connectivity index (χ3n) is 4.08. The summed E-state index contributed by atoms with van der Waals surface area (Å²) in [7, 11) is 0. The van der Waals surface area contributed by atoms with Gasteiger partial charge < -0.3 is 9.73 Å². The van der Waals surface area contributed by atoms with Crippen LogP contribution in [0.15, 0.2) is 28.7 Å². The number of hydrogen-bond donors (Lipinski definition) is 2. The van der Waals surface area contributed by atoms with Gasteiger partial charge >= 0.3 is 5.76 Å². The van der Waals surface area contributed by atoms with E-state index in [0.29, 0.717) is 11.1 Å². The van der Waals surface area contributed by atoms with Gasteiger partial charge in [0, 0.05) is 8.95 Å². The van der Waals surface area contributed by atoms with Crippen LogP contribution in [0.2, 0.25) is 0 Å². The molecule has 0 aliphatic heterocycles. The van der Waals surface area contributed by atoms with Crippen molar-refractivity contribution in [2.75, 3.05) is 13.1 Å². The van der Waals surface area contributed by atoms with Crippen LogP contribution in [0.4, 0.5) is 0 Å². The van der Waals surface area contributed by atoms with Crippen LogP contribution in [0.1, 0.15) is 65.2 Å². The molecule has 1 aromatic heterocycles. The number of nitrogens with one attached hydrogen (secondary N) is 1. The lowest BCUT2D eigenvalue weighted by molar-refractivity contribution is -0.655. The van der Waals surface area contributed by atoms with Gasteiger partial charge in [-0.2, -0.15) is 0 Å². The zero-order chi connectivity index (χ0) is 19.4. The molecule has 2 aromatic rings. The SMILES string of the molecule is CCCCCC[NH2+]CCCCCC.O=c1[nH]c2c(Br)c(Br)c(Br)cc2o1. The van der Waals surface area contributed by atoms with Crippen molar-refractivity contribution in [3.63, 3.8) is 0 Å². The van der Waals surface area contributed by atoms with Crippen LogP contribution in [-0.4, -0.2) is 18.1 Å². The molecule has 1 aromatic carbocycles. The molecule has 0 unspecified atom stereocenters. The summed E-state index contributed by atoms with van der Waals surface area (Å²) in [6.07, 6.45) is 11.3. The average Bonchev–Trinajstić information content (AvgIpc) is 2.99. The van der Waals surface area contributed by atoms with E-state index in [1.165, 1.54) is 64.5 Å². The van der Waals surface area contributed by atoms with Crippen molar-refractivity contribution in [1.82, 2.24) is 4.98 Å². The average molecular weight is 558 g/mol. The first-order valence-corrected chi connectivity index (χ1v) is 11.9. The number of hydrogen-bond acceptors (Lipinski definition) is 2. The molecule has 0 radical (unpaired) electrons. The lowest BCUT2D eigenvalue weighted by Gasteiger charge is -2.00. The predicted octanol–water partition coefficient (Wildman–Crippen LogP) is 6.12. The molecule has 4 nitrogen and oxygen atoms in total. The number of fused-ring (bicyclic) bond motifs is 1.